The van der Waals surface area contributed by atoms with E-state index in [-0.39, 0.29) is 35.1 Å². The number of amides is 3. The monoisotopic (exact) mass is 397 g/mol. The van der Waals surface area contributed by atoms with Gasteiger partial charge in [-0.25, -0.2) is 0 Å². The second-order valence-electron chi connectivity index (χ2n) is 9.18. The number of carbonyl (C=O) groups is 3. The molecule has 1 spiro atoms. The van der Waals surface area contributed by atoms with Crippen LogP contribution in [0, 0.1) is 25.2 Å². The molecular formula is C23H31N3O3. The zero-order valence-corrected chi connectivity index (χ0v) is 17.7. The van der Waals surface area contributed by atoms with E-state index in [2.05, 4.69) is 11.4 Å². The van der Waals surface area contributed by atoms with E-state index in [0.717, 1.165) is 48.9 Å². The average Bonchev–Trinajstić information content (AvgIpc) is 3.12. The molecule has 3 aliphatic rings. The minimum absolute atomic E-state index is 0.0142. The fourth-order valence-corrected chi connectivity index (χ4v) is 5.33. The van der Waals surface area contributed by atoms with E-state index in [4.69, 9.17) is 0 Å². The van der Waals surface area contributed by atoms with Gasteiger partial charge in [-0.2, -0.15) is 0 Å². The summed E-state index contributed by atoms with van der Waals surface area (Å²) in [5, 5.41) is 3.09. The van der Waals surface area contributed by atoms with Crippen molar-refractivity contribution < 1.29 is 14.4 Å². The molecule has 1 aromatic carbocycles. The molecule has 2 heterocycles. The van der Waals surface area contributed by atoms with E-state index < -0.39 is 0 Å². The number of aryl methyl sites for hydroxylation is 2. The maximum absolute atomic E-state index is 12.9. The van der Waals surface area contributed by atoms with Crippen LogP contribution in [0.5, 0.6) is 0 Å². The van der Waals surface area contributed by atoms with E-state index in [9.17, 15) is 14.4 Å². The summed E-state index contributed by atoms with van der Waals surface area (Å²) < 4.78 is 0. The van der Waals surface area contributed by atoms with E-state index in [1.807, 2.05) is 30.9 Å². The molecule has 0 bridgehead atoms. The van der Waals surface area contributed by atoms with Gasteiger partial charge in [-0.15, -0.1) is 0 Å². The number of benzene rings is 1. The average molecular weight is 398 g/mol. The molecule has 3 amide bonds. The second kappa shape index (κ2) is 7.47. The Morgan fingerprint density at radius 3 is 2.31 bits per heavy atom. The zero-order valence-electron chi connectivity index (χ0n) is 17.7. The normalized spacial score (nSPS) is 25.2. The number of rotatable bonds is 3. The number of anilines is 1. The van der Waals surface area contributed by atoms with Crippen molar-refractivity contribution in [3.05, 3.63) is 29.3 Å². The number of hydrogen-bond donors (Lipinski definition) is 1. The van der Waals surface area contributed by atoms with Crippen molar-refractivity contribution in [2.75, 3.05) is 25.0 Å². The Kier molecular flexibility index (Phi) is 5.13. The first-order valence-corrected chi connectivity index (χ1v) is 10.7. The molecule has 156 valence electrons. The van der Waals surface area contributed by atoms with Gasteiger partial charge in [0.15, 0.2) is 0 Å². The smallest absolute Gasteiger partial charge is 0.245 e. The summed E-state index contributed by atoms with van der Waals surface area (Å²) in [7, 11) is 0. The van der Waals surface area contributed by atoms with Gasteiger partial charge in [0.2, 0.25) is 17.7 Å². The fraction of sp³-hybridized carbons (Fsp3) is 0.609. The fourth-order valence-electron chi connectivity index (χ4n) is 5.33. The number of likely N-dealkylation sites (tertiary alicyclic amines) is 2. The number of hydrogen-bond acceptors (Lipinski definition) is 3. The molecule has 6 heteroatoms. The van der Waals surface area contributed by atoms with Crippen LogP contribution in [-0.2, 0) is 14.4 Å². The van der Waals surface area contributed by atoms with Gasteiger partial charge in [0, 0.05) is 38.2 Å². The number of nitrogens with one attached hydrogen (secondary N) is 1. The van der Waals surface area contributed by atoms with Crippen LogP contribution in [0.1, 0.15) is 50.2 Å². The van der Waals surface area contributed by atoms with Gasteiger partial charge in [0.25, 0.3) is 0 Å². The number of nitrogens with zero attached hydrogens (tertiary/aromatic N) is 2. The lowest BCUT2D eigenvalue weighted by atomic mass is 9.90. The first kappa shape index (κ1) is 19.9. The molecule has 1 N–H and O–H groups in total. The lowest BCUT2D eigenvalue weighted by molar-refractivity contribution is -0.144. The molecule has 29 heavy (non-hydrogen) atoms. The third kappa shape index (κ3) is 3.89. The quantitative estimate of drug-likeness (QED) is 0.853. The van der Waals surface area contributed by atoms with E-state index in [0.29, 0.717) is 19.6 Å². The van der Waals surface area contributed by atoms with Crippen LogP contribution in [0.15, 0.2) is 18.2 Å². The molecule has 3 fully saturated rings. The SMILES string of the molecule is CC(=O)N1CCC[C@H]1C(=O)N1CCC2(CC1)C[C@@H]2C(=O)Nc1cc(C)cc(C)c1. The third-order valence-corrected chi connectivity index (χ3v) is 7.01. The topological polar surface area (TPSA) is 69.7 Å². The summed E-state index contributed by atoms with van der Waals surface area (Å²) in [4.78, 5) is 41.1. The molecule has 1 aliphatic carbocycles. The predicted molar refractivity (Wildman–Crippen MR) is 111 cm³/mol. The molecule has 4 rings (SSSR count). The Balaban J connectivity index is 1.32. The van der Waals surface area contributed by atoms with Gasteiger partial charge in [0.1, 0.15) is 6.04 Å². The van der Waals surface area contributed by atoms with Crippen molar-refractivity contribution in [2.45, 2.75) is 58.9 Å². The van der Waals surface area contributed by atoms with Crippen molar-refractivity contribution in [3.63, 3.8) is 0 Å². The summed E-state index contributed by atoms with van der Waals surface area (Å²) in [6.45, 7) is 7.67. The number of piperidine rings is 1. The van der Waals surface area contributed by atoms with E-state index in [1.54, 1.807) is 11.8 Å². The Bertz CT molecular complexity index is 822. The molecule has 1 saturated carbocycles. The first-order chi connectivity index (χ1) is 13.8. The van der Waals surface area contributed by atoms with Crippen molar-refractivity contribution in [2.24, 2.45) is 11.3 Å². The van der Waals surface area contributed by atoms with Gasteiger partial charge < -0.3 is 15.1 Å². The lowest BCUT2D eigenvalue weighted by Crippen LogP contribution is -2.50. The van der Waals surface area contributed by atoms with Crippen LogP contribution < -0.4 is 5.32 Å². The van der Waals surface area contributed by atoms with Crippen molar-refractivity contribution in [3.8, 4) is 0 Å². The summed E-state index contributed by atoms with van der Waals surface area (Å²) in [6.07, 6.45) is 4.32. The van der Waals surface area contributed by atoms with Gasteiger partial charge in [-0.3, -0.25) is 14.4 Å². The highest BCUT2D eigenvalue weighted by atomic mass is 16.2. The minimum Gasteiger partial charge on any atom is -0.341 e. The standard InChI is InChI=1S/C23H31N3O3/c1-15-11-16(2)13-18(12-15)24-21(28)19-14-23(19)6-9-25(10-7-23)22(29)20-5-4-8-26(20)17(3)27/h11-13,19-20H,4-10,14H2,1-3H3,(H,24,28)/t19-,20+/m1/s1. The maximum Gasteiger partial charge on any atom is 0.245 e. The molecule has 2 aliphatic heterocycles. The zero-order chi connectivity index (χ0) is 20.8. The molecule has 2 saturated heterocycles. The molecule has 2 atom stereocenters. The van der Waals surface area contributed by atoms with E-state index in [1.165, 1.54) is 0 Å². The first-order valence-electron chi connectivity index (χ1n) is 10.7. The molecule has 6 nitrogen and oxygen atoms in total. The second-order valence-corrected chi connectivity index (χ2v) is 9.18. The van der Waals surface area contributed by atoms with Gasteiger partial charge in [-0.1, -0.05) is 6.07 Å². The highest BCUT2D eigenvalue weighted by molar-refractivity contribution is 5.95. The Labute approximate surface area is 172 Å². The summed E-state index contributed by atoms with van der Waals surface area (Å²) in [5.74, 6) is 0.221. The minimum atomic E-state index is -0.288. The van der Waals surface area contributed by atoms with Crippen molar-refractivity contribution in [1.29, 1.82) is 0 Å². The van der Waals surface area contributed by atoms with Gasteiger partial charge in [0.05, 0.1) is 0 Å². The largest absolute Gasteiger partial charge is 0.341 e. The Morgan fingerprint density at radius 1 is 1.03 bits per heavy atom. The van der Waals surface area contributed by atoms with Crippen molar-refractivity contribution >= 4 is 23.4 Å². The Hall–Kier alpha value is -2.37. The lowest BCUT2D eigenvalue weighted by Gasteiger charge is -2.36. The predicted octanol–water partition coefficient (Wildman–Crippen LogP) is 2.88. The van der Waals surface area contributed by atoms with Crippen LogP contribution in [-0.4, -0.2) is 53.2 Å². The van der Waals surface area contributed by atoms with Gasteiger partial charge in [-0.05, 0) is 74.6 Å². The van der Waals surface area contributed by atoms with Crippen LogP contribution in [0.2, 0.25) is 0 Å². The summed E-state index contributed by atoms with van der Waals surface area (Å²) >= 11 is 0. The van der Waals surface area contributed by atoms with Crippen LogP contribution in [0.4, 0.5) is 5.69 Å². The van der Waals surface area contributed by atoms with Crippen LogP contribution in [0.25, 0.3) is 0 Å². The highest BCUT2D eigenvalue weighted by Crippen LogP contribution is 2.59. The molecular weight excluding hydrogens is 366 g/mol. The highest BCUT2D eigenvalue weighted by Gasteiger charge is 2.59. The molecule has 0 aromatic heterocycles. The summed E-state index contributed by atoms with van der Waals surface area (Å²) in [5.41, 5.74) is 3.20. The summed E-state index contributed by atoms with van der Waals surface area (Å²) in [6, 6.07) is 5.82. The Morgan fingerprint density at radius 2 is 1.69 bits per heavy atom. The molecule has 0 unspecified atom stereocenters. The van der Waals surface area contributed by atoms with Crippen LogP contribution in [0.3, 0.4) is 0 Å². The van der Waals surface area contributed by atoms with Crippen molar-refractivity contribution in [1.82, 2.24) is 9.80 Å². The molecule has 0 radical (unpaired) electrons. The maximum atomic E-state index is 12.9. The van der Waals surface area contributed by atoms with Gasteiger partial charge >= 0.3 is 0 Å². The van der Waals surface area contributed by atoms with Crippen LogP contribution >= 0.6 is 0 Å². The number of carbonyl (C=O) groups excluding carboxylic acids is 3. The van der Waals surface area contributed by atoms with E-state index >= 15 is 0 Å². The molecule has 1 aromatic rings. The third-order valence-electron chi connectivity index (χ3n) is 7.01.